The lowest BCUT2D eigenvalue weighted by atomic mass is 9.98. The summed E-state index contributed by atoms with van der Waals surface area (Å²) in [6.07, 6.45) is 1.44. The van der Waals surface area contributed by atoms with Crippen molar-refractivity contribution in [3.05, 3.63) is 106 Å². The van der Waals surface area contributed by atoms with Crippen molar-refractivity contribution in [1.82, 2.24) is 4.98 Å². The van der Waals surface area contributed by atoms with E-state index in [9.17, 15) is 9.59 Å². The molecule has 1 aromatic heterocycles. The Kier molecular flexibility index (Phi) is 5.68. The van der Waals surface area contributed by atoms with E-state index < -0.39 is 12.1 Å². The van der Waals surface area contributed by atoms with Crippen molar-refractivity contribution in [2.45, 2.75) is 19.4 Å². The van der Waals surface area contributed by atoms with Crippen LogP contribution in [0.1, 0.15) is 44.9 Å². The summed E-state index contributed by atoms with van der Waals surface area (Å²) in [4.78, 5) is 29.6. The number of hydrogen-bond acceptors (Lipinski definition) is 3. The van der Waals surface area contributed by atoms with E-state index in [-0.39, 0.29) is 16.4 Å². The van der Waals surface area contributed by atoms with Gasteiger partial charge in [-0.1, -0.05) is 79.2 Å². The van der Waals surface area contributed by atoms with Crippen LogP contribution in [0.3, 0.4) is 0 Å². The number of carbonyl (C=O) groups is 2. The van der Waals surface area contributed by atoms with Gasteiger partial charge in [0.1, 0.15) is 0 Å². The Morgan fingerprint density at radius 2 is 1.67 bits per heavy atom. The van der Waals surface area contributed by atoms with Gasteiger partial charge in [-0.15, -0.1) is 0 Å². The van der Waals surface area contributed by atoms with E-state index in [1.165, 1.54) is 0 Å². The molecule has 0 saturated heterocycles. The van der Waals surface area contributed by atoms with E-state index in [2.05, 4.69) is 11.9 Å². The quantitative estimate of drug-likeness (QED) is 0.301. The number of aromatic amines is 1. The van der Waals surface area contributed by atoms with Crippen molar-refractivity contribution in [3.8, 4) is 0 Å². The highest BCUT2D eigenvalue weighted by Gasteiger charge is 2.29. The molecule has 0 radical (unpaired) electrons. The smallest absolute Gasteiger partial charge is 0.340 e. The molecule has 4 aromatic rings. The Labute approximate surface area is 179 Å². The number of ether oxygens (including phenoxy) is 1. The molecule has 0 bridgehead atoms. The van der Waals surface area contributed by atoms with Crippen LogP contribution in [0.4, 0.5) is 0 Å². The summed E-state index contributed by atoms with van der Waals surface area (Å²) >= 11 is 6.15. The maximum absolute atomic E-state index is 13.5. The van der Waals surface area contributed by atoms with Gasteiger partial charge in [0.2, 0.25) is 5.78 Å². The first-order valence-corrected chi connectivity index (χ1v) is 10.1. The average molecular weight is 418 g/mol. The molecule has 30 heavy (non-hydrogen) atoms. The predicted molar refractivity (Wildman–Crippen MR) is 118 cm³/mol. The van der Waals surface area contributed by atoms with Crippen LogP contribution in [0.15, 0.2) is 79.0 Å². The minimum Gasteiger partial charge on any atom is -0.445 e. The highest BCUT2D eigenvalue weighted by atomic mass is 35.5. The van der Waals surface area contributed by atoms with Gasteiger partial charge in [0, 0.05) is 28.2 Å². The topological polar surface area (TPSA) is 59.2 Å². The molecule has 0 fully saturated rings. The average Bonchev–Trinajstić information content (AvgIpc) is 3.22. The second-order valence-electron chi connectivity index (χ2n) is 6.94. The lowest BCUT2D eigenvalue weighted by Crippen LogP contribution is -2.20. The summed E-state index contributed by atoms with van der Waals surface area (Å²) in [5.74, 6) is -0.932. The molecule has 0 aliphatic carbocycles. The number of halogens is 1. The molecular weight excluding hydrogens is 398 g/mol. The van der Waals surface area contributed by atoms with Crippen LogP contribution >= 0.6 is 11.6 Å². The van der Waals surface area contributed by atoms with Gasteiger partial charge in [0.25, 0.3) is 0 Å². The monoisotopic (exact) mass is 417 g/mol. The molecule has 4 nitrogen and oxygen atoms in total. The third kappa shape index (κ3) is 3.74. The molecule has 0 aliphatic heterocycles. The number of para-hydroxylation sites is 1. The van der Waals surface area contributed by atoms with Crippen molar-refractivity contribution in [2.24, 2.45) is 0 Å². The fourth-order valence-corrected chi connectivity index (χ4v) is 3.77. The second-order valence-corrected chi connectivity index (χ2v) is 7.34. The minimum absolute atomic E-state index is 0.222. The Morgan fingerprint density at radius 1 is 0.933 bits per heavy atom. The van der Waals surface area contributed by atoms with Crippen LogP contribution in [0.25, 0.3) is 10.9 Å². The number of carbonyl (C=O) groups excluding carboxylic acids is 2. The fraction of sp³-hybridized carbons (Fsp3) is 0.120. The zero-order valence-electron chi connectivity index (χ0n) is 16.4. The number of rotatable bonds is 6. The van der Waals surface area contributed by atoms with Gasteiger partial charge in [-0.05, 0) is 24.1 Å². The van der Waals surface area contributed by atoms with Crippen LogP contribution in [-0.2, 0) is 11.2 Å². The zero-order valence-corrected chi connectivity index (χ0v) is 17.1. The van der Waals surface area contributed by atoms with E-state index >= 15 is 0 Å². The first kappa shape index (κ1) is 19.9. The lowest BCUT2D eigenvalue weighted by molar-refractivity contribution is 0.0281. The van der Waals surface area contributed by atoms with Gasteiger partial charge in [-0.25, -0.2) is 4.79 Å². The van der Waals surface area contributed by atoms with Crippen molar-refractivity contribution in [1.29, 1.82) is 0 Å². The first-order valence-electron chi connectivity index (χ1n) is 9.73. The summed E-state index contributed by atoms with van der Waals surface area (Å²) < 4.78 is 5.71. The standard InChI is InChI=1S/C25H20ClNO3/c1-2-16-11-8-13-18-20(15-27-22(16)18)23(28)24(17-9-4-3-5-10-17)30-25(29)19-12-6-7-14-21(19)26/h3-15,24,27H,2H2,1H3/t24-/m1/s1. The largest absolute Gasteiger partial charge is 0.445 e. The number of fused-ring (bicyclic) bond motifs is 1. The highest BCUT2D eigenvalue weighted by molar-refractivity contribution is 6.33. The molecule has 4 rings (SSSR count). The van der Waals surface area contributed by atoms with Crippen molar-refractivity contribution < 1.29 is 14.3 Å². The molecule has 3 aromatic carbocycles. The fourth-order valence-electron chi connectivity index (χ4n) is 3.55. The highest BCUT2D eigenvalue weighted by Crippen LogP contribution is 2.30. The van der Waals surface area contributed by atoms with E-state index in [1.54, 1.807) is 42.6 Å². The van der Waals surface area contributed by atoms with Crippen LogP contribution in [-0.4, -0.2) is 16.7 Å². The SMILES string of the molecule is CCc1cccc2c(C(=O)[C@H](OC(=O)c3ccccc3Cl)c3ccccc3)c[nH]c12. The Hall–Kier alpha value is -3.37. The molecule has 1 heterocycles. The summed E-state index contributed by atoms with van der Waals surface area (Å²) in [7, 11) is 0. The Morgan fingerprint density at radius 3 is 2.40 bits per heavy atom. The molecule has 0 spiro atoms. The lowest BCUT2D eigenvalue weighted by Gasteiger charge is -2.17. The minimum atomic E-state index is -1.08. The van der Waals surface area contributed by atoms with Crippen molar-refractivity contribution >= 4 is 34.3 Å². The van der Waals surface area contributed by atoms with E-state index in [1.807, 2.05) is 36.4 Å². The maximum Gasteiger partial charge on any atom is 0.340 e. The molecule has 150 valence electrons. The molecule has 0 amide bonds. The van der Waals surface area contributed by atoms with Gasteiger partial charge in [0.15, 0.2) is 6.10 Å². The van der Waals surface area contributed by atoms with Gasteiger partial charge in [-0.3, -0.25) is 4.79 Å². The number of aryl methyl sites for hydroxylation is 1. The summed E-state index contributed by atoms with van der Waals surface area (Å²) in [5, 5.41) is 1.09. The second kappa shape index (κ2) is 8.56. The van der Waals surface area contributed by atoms with Crippen LogP contribution in [0.2, 0.25) is 5.02 Å². The van der Waals surface area contributed by atoms with Crippen molar-refractivity contribution in [2.75, 3.05) is 0 Å². The molecule has 1 N–H and O–H groups in total. The van der Waals surface area contributed by atoms with Gasteiger partial charge in [-0.2, -0.15) is 0 Å². The normalized spacial score (nSPS) is 11.9. The van der Waals surface area contributed by atoms with E-state index in [4.69, 9.17) is 16.3 Å². The first-order chi connectivity index (χ1) is 14.6. The molecule has 5 heteroatoms. The number of nitrogens with one attached hydrogen (secondary N) is 1. The number of hydrogen-bond donors (Lipinski definition) is 1. The molecule has 0 unspecified atom stereocenters. The summed E-state index contributed by atoms with van der Waals surface area (Å²) in [5.41, 5.74) is 3.36. The van der Waals surface area contributed by atoms with Crippen molar-refractivity contribution in [3.63, 3.8) is 0 Å². The molecule has 0 aliphatic rings. The third-order valence-corrected chi connectivity index (χ3v) is 5.44. The van der Waals surface area contributed by atoms with E-state index in [0.717, 1.165) is 22.9 Å². The van der Waals surface area contributed by atoms with Crippen LogP contribution in [0.5, 0.6) is 0 Å². The third-order valence-electron chi connectivity index (χ3n) is 5.11. The number of Topliss-reactive ketones (excluding diaryl/α,β-unsaturated/α-hetero) is 1. The Balaban J connectivity index is 1.75. The summed E-state index contributed by atoms with van der Waals surface area (Å²) in [6, 6.07) is 21.5. The maximum atomic E-state index is 13.5. The Bertz CT molecular complexity index is 1210. The molecular formula is C25H20ClNO3. The zero-order chi connectivity index (χ0) is 21.1. The van der Waals surface area contributed by atoms with Gasteiger partial charge in [0.05, 0.1) is 10.6 Å². The van der Waals surface area contributed by atoms with Crippen LogP contribution in [0, 0.1) is 0 Å². The number of aromatic nitrogens is 1. The summed E-state index contributed by atoms with van der Waals surface area (Å²) in [6.45, 7) is 2.06. The van der Waals surface area contributed by atoms with E-state index in [0.29, 0.717) is 11.1 Å². The number of ketones is 1. The molecule has 1 atom stereocenters. The van der Waals surface area contributed by atoms with Gasteiger partial charge >= 0.3 is 5.97 Å². The van der Waals surface area contributed by atoms with Crippen LogP contribution < -0.4 is 0 Å². The number of benzene rings is 3. The number of esters is 1. The predicted octanol–water partition coefficient (Wildman–Crippen LogP) is 6.16. The number of H-pyrrole nitrogens is 1. The van der Waals surface area contributed by atoms with Gasteiger partial charge < -0.3 is 9.72 Å². The molecule has 0 saturated carbocycles.